The topological polar surface area (TPSA) is 112 Å². The van der Waals surface area contributed by atoms with Gasteiger partial charge >= 0.3 is 5.97 Å². The molecule has 2 amide bonds. The number of carbonyl (C=O) groups excluding carboxylic acids is 2. The zero-order valence-corrected chi connectivity index (χ0v) is 20.8. The van der Waals surface area contributed by atoms with Crippen molar-refractivity contribution in [3.63, 3.8) is 0 Å². The van der Waals surface area contributed by atoms with E-state index in [-0.39, 0.29) is 17.4 Å². The van der Waals surface area contributed by atoms with Crippen molar-refractivity contribution in [2.24, 2.45) is 0 Å². The number of thioether (sulfide) groups is 3. The molecule has 168 valence electrons. The van der Waals surface area contributed by atoms with Crippen molar-refractivity contribution < 1.29 is 19.5 Å². The molecule has 1 unspecified atom stereocenters. The lowest BCUT2D eigenvalue weighted by Crippen LogP contribution is -2.70. The summed E-state index contributed by atoms with van der Waals surface area (Å²) >= 11 is 17.2. The van der Waals surface area contributed by atoms with Crippen molar-refractivity contribution in [2.75, 3.05) is 17.3 Å². The van der Waals surface area contributed by atoms with E-state index in [0.29, 0.717) is 37.0 Å². The predicted molar refractivity (Wildman–Crippen MR) is 128 cm³/mol. The maximum atomic E-state index is 12.7. The Kier molecular flexibility index (Phi) is 7.58. The van der Waals surface area contributed by atoms with Crippen LogP contribution < -0.4 is 5.32 Å². The average Bonchev–Trinajstić information content (AvgIpc) is 3.29. The first-order valence-electron chi connectivity index (χ1n) is 9.02. The van der Waals surface area contributed by atoms with Gasteiger partial charge in [0.25, 0.3) is 5.91 Å². The van der Waals surface area contributed by atoms with Crippen molar-refractivity contribution in [3.8, 4) is 0 Å². The summed E-state index contributed by atoms with van der Waals surface area (Å²) in [4.78, 5) is 39.0. The molecule has 2 aliphatic heterocycles. The van der Waals surface area contributed by atoms with Gasteiger partial charge in [-0.25, -0.2) is 4.79 Å². The maximum Gasteiger partial charge on any atom is 0.352 e. The van der Waals surface area contributed by atoms with Crippen molar-refractivity contribution in [3.05, 3.63) is 45.7 Å². The lowest BCUT2D eigenvalue weighted by molar-refractivity contribution is -0.150. The fraction of sp³-hybridized carbons (Fsp3) is 0.278. The van der Waals surface area contributed by atoms with Gasteiger partial charge in [-0.05, 0) is 23.8 Å². The van der Waals surface area contributed by atoms with Crippen LogP contribution in [0.4, 0.5) is 0 Å². The third-order valence-corrected chi connectivity index (χ3v) is 9.20. The number of benzene rings is 1. The normalized spacial score (nSPS) is 20.1. The smallest absolute Gasteiger partial charge is 0.352 e. The van der Waals surface area contributed by atoms with E-state index >= 15 is 0 Å². The molecule has 0 bridgehead atoms. The summed E-state index contributed by atoms with van der Waals surface area (Å²) in [7, 11) is 0. The number of aliphatic carboxylic acids is 1. The Morgan fingerprint density at radius 2 is 2.12 bits per heavy atom. The summed E-state index contributed by atoms with van der Waals surface area (Å²) in [6.07, 6.45) is 1.62. The van der Waals surface area contributed by atoms with Crippen LogP contribution >= 0.6 is 70.2 Å². The number of carboxylic acids is 1. The van der Waals surface area contributed by atoms with Crippen LogP contribution in [0, 0.1) is 0 Å². The van der Waals surface area contributed by atoms with Crippen LogP contribution in [-0.2, 0) is 14.4 Å². The Hall–Kier alpha value is -1.44. The summed E-state index contributed by atoms with van der Waals surface area (Å²) in [5.41, 5.74) is 0.626. The van der Waals surface area contributed by atoms with Gasteiger partial charge in [-0.2, -0.15) is 8.75 Å². The minimum absolute atomic E-state index is 0.0139. The fourth-order valence-corrected chi connectivity index (χ4v) is 7.29. The second-order valence-electron chi connectivity index (χ2n) is 6.61. The Morgan fingerprint density at radius 1 is 1.31 bits per heavy atom. The molecule has 2 aliphatic rings. The number of β-lactam (4-membered cyclic amide) rings is 1. The molecule has 2 aromatic rings. The molecule has 32 heavy (non-hydrogen) atoms. The molecule has 3 heterocycles. The molecule has 1 saturated heterocycles. The van der Waals surface area contributed by atoms with Gasteiger partial charge in [0.05, 0.1) is 28.7 Å². The van der Waals surface area contributed by atoms with E-state index in [1.807, 2.05) is 0 Å². The Bertz CT molecular complexity index is 1100. The highest BCUT2D eigenvalue weighted by Gasteiger charge is 2.54. The molecule has 1 aromatic carbocycles. The van der Waals surface area contributed by atoms with Crippen LogP contribution in [0.3, 0.4) is 0 Å². The van der Waals surface area contributed by atoms with Crippen LogP contribution in [0.5, 0.6) is 0 Å². The van der Waals surface area contributed by atoms with Gasteiger partial charge in [-0.1, -0.05) is 35.0 Å². The first-order chi connectivity index (χ1) is 15.3. The van der Waals surface area contributed by atoms with E-state index in [1.165, 1.54) is 40.2 Å². The van der Waals surface area contributed by atoms with Crippen LogP contribution in [0.25, 0.3) is 0 Å². The maximum absolute atomic E-state index is 12.7. The number of hydrogen-bond acceptors (Lipinski definition) is 9. The van der Waals surface area contributed by atoms with Crippen molar-refractivity contribution in [1.29, 1.82) is 0 Å². The lowest BCUT2D eigenvalue weighted by atomic mass is 10.0. The molecule has 0 spiro atoms. The quantitative estimate of drug-likeness (QED) is 0.378. The zero-order valence-electron chi connectivity index (χ0n) is 16.0. The number of nitrogens with one attached hydrogen (secondary N) is 1. The Balaban J connectivity index is 1.38. The number of aromatic nitrogens is 2. The number of carbonyl (C=O) groups is 3. The predicted octanol–water partition coefficient (Wildman–Crippen LogP) is 3.47. The van der Waals surface area contributed by atoms with E-state index in [9.17, 15) is 19.5 Å². The molecule has 2 N–H and O–H groups in total. The SMILES string of the molecule is O=C(CSc1cc(Cl)ccc1Cl)NC1C(=O)N2C(C(=O)O)=C(CSc3cnsn3)CS[C@@H]12. The number of nitrogens with zero attached hydrogens (tertiary/aromatic N) is 3. The van der Waals surface area contributed by atoms with Crippen molar-refractivity contribution in [1.82, 2.24) is 19.0 Å². The molecule has 14 heteroatoms. The highest BCUT2D eigenvalue weighted by molar-refractivity contribution is 8.01. The number of fused-ring (bicyclic) bond motifs is 1. The van der Waals surface area contributed by atoms with Crippen LogP contribution in [0.1, 0.15) is 0 Å². The minimum atomic E-state index is -1.16. The molecule has 1 fully saturated rings. The molecule has 4 rings (SSSR count). The van der Waals surface area contributed by atoms with Crippen molar-refractivity contribution >= 4 is 88.0 Å². The highest BCUT2D eigenvalue weighted by atomic mass is 35.5. The van der Waals surface area contributed by atoms with E-state index in [4.69, 9.17) is 23.2 Å². The number of amides is 2. The lowest BCUT2D eigenvalue weighted by Gasteiger charge is -2.49. The molecular formula is C18H14Cl2N4O4S4. The Labute approximate surface area is 209 Å². The van der Waals surface area contributed by atoms with E-state index in [1.54, 1.807) is 24.4 Å². The Morgan fingerprint density at radius 3 is 2.84 bits per heavy atom. The first kappa shape index (κ1) is 23.7. The second-order valence-corrected chi connectivity index (χ2v) is 11.1. The van der Waals surface area contributed by atoms with Gasteiger partial charge in [0.1, 0.15) is 22.1 Å². The number of rotatable bonds is 8. The van der Waals surface area contributed by atoms with Crippen LogP contribution in [0.2, 0.25) is 10.0 Å². The number of halogens is 2. The molecule has 0 saturated carbocycles. The molecule has 0 aliphatic carbocycles. The summed E-state index contributed by atoms with van der Waals surface area (Å²) in [6.45, 7) is 0. The van der Waals surface area contributed by atoms with Gasteiger partial charge in [0.15, 0.2) is 0 Å². The summed E-state index contributed by atoms with van der Waals surface area (Å²) in [6, 6.07) is 4.20. The van der Waals surface area contributed by atoms with E-state index < -0.39 is 23.3 Å². The van der Waals surface area contributed by atoms with Crippen LogP contribution in [-0.4, -0.2) is 65.2 Å². The third kappa shape index (κ3) is 5.05. The van der Waals surface area contributed by atoms with Gasteiger partial charge in [0.2, 0.25) is 5.91 Å². The van der Waals surface area contributed by atoms with Gasteiger partial charge in [-0.3, -0.25) is 14.5 Å². The van der Waals surface area contributed by atoms with Crippen molar-refractivity contribution in [2.45, 2.75) is 21.3 Å². The molecular weight excluding hydrogens is 535 g/mol. The van der Waals surface area contributed by atoms with Crippen LogP contribution in [0.15, 0.2) is 45.6 Å². The third-order valence-electron chi connectivity index (χ3n) is 4.55. The van der Waals surface area contributed by atoms with E-state index in [0.717, 1.165) is 11.7 Å². The fourth-order valence-electron chi connectivity index (χ4n) is 3.12. The first-order valence-corrected chi connectivity index (χ1v) is 13.5. The standard InChI is InChI=1S/C18H14Cl2N4O4S4/c19-9-1-2-10(20)11(3-9)29-7-12(25)22-14-16(26)24-15(18(27)28)8(6-31-17(14)24)5-30-13-4-21-32-23-13/h1-4,14,17H,5-7H2,(H,22,25)(H,27,28)/t14?,17-/m0/s1. The number of carboxylic acid groups (broad SMARTS) is 1. The minimum Gasteiger partial charge on any atom is -0.477 e. The average molecular weight is 550 g/mol. The second kappa shape index (κ2) is 10.2. The summed E-state index contributed by atoms with van der Waals surface area (Å²) < 4.78 is 8.02. The number of hydrogen-bond donors (Lipinski definition) is 2. The highest BCUT2D eigenvalue weighted by Crippen LogP contribution is 2.41. The molecule has 2 atom stereocenters. The molecule has 1 aromatic heterocycles. The summed E-state index contributed by atoms with van der Waals surface area (Å²) in [5, 5.41) is 13.7. The summed E-state index contributed by atoms with van der Waals surface area (Å²) in [5.74, 6) is -1.05. The van der Waals surface area contributed by atoms with E-state index in [2.05, 4.69) is 14.1 Å². The van der Waals surface area contributed by atoms with Gasteiger partial charge in [0, 0.05) is 21.4 Å². The zero-order chi connectivity index (χ0) is 22.8. The largest absolute Gasteiger partial charge is 0.477 e. The molecule has 8 nitrogen and oxygen atoms in total. The monoisotopic (exact) mass is 548 g/mol. The van der Waals surface area contributed by atoms with Gasteiger partial charge < -0.3 is 10.4 Å². The van der Waals surface area contributed by atoms with Gasteiger partial charge in [-0.15, -0.1) is 23.5 Å². The molecule has 0 radical (unpaired) electrons.